The summed E-state index contributed by atoms with van der Waals surface area (Å²) in [4.78, 5) is 13.1. The van der Waals surface area contributed by atoms with Crippen LogP contribution in [0.3, 0.4) is 0 Å². The monoisotopic (exact) mass is 587 g/mol. The molecule has 9 nitrogen and oxygen atoms in total. The van der Waals surface area contributed by atoms with Crippen LogP contribution in [0.25, 0.3) is 0 Å². The number of ether oxygens (including phenoxy) is 3. The van der Waals surface area contributed by atoms with Crippen LogP contribution in [0.2, 0.25) is 10.0 Å². The maximum atomic E-state index is 12.7. The molecule has 0 aromatic heterocycles. The summed E-state index contributed by atoms with van der Waals surface area (Å²) in [6.45, 7) is 5.78. The van der Waals surface area contributed by atoms with Crippen LogP contribution in [0.1, 0.15) is 29.5 Å². The van der Waals surface area contributed by atoms with Crippen LogP contribution in [0.5, 0.6) is 0 Å². The summed E-state index contributed by atoms with van der Waals surface area (Å²) in [5.41, 5.74) is 3.12. The zero-order valence-corrected chi connectivity index (χ0v) is 24.0. The van der Waals surface area contributed by atoms with E-state index in [4.69, 9.17) is 37.4 Å². The van der Waals surface area contributed by atoms with Gasteiger partial charge in [0, 0.05) is 49.1 Å². The second kappa shape index (κ2) is 15.1. The maximum absolute atomic E-state index is 12.7. The highest BCUT2D eigenvalue weighted by atomic mass is 35.5. The number of amides is 1. The van der Waals surface area contributed by atoms with E-state index in [0.29, 0.717) is 49.6 Å². The van der Waals surface area contributed by atoms with Gasteiger partial charge in [-0.2, -0.15) is 0 Å². The normalized spacial score (nSPS) is 15.8. The van der Waals surface area contributed by atoms with E-state index < -0.39 is 10.0 Å². The molecule has 2 aromatic rings. The highest BCUT2D eigenvalue weighted by Crippen LogP contribution is 2.38. The van der Waals surface area contributed by atoms with Crippen molar-refractivity contribution in [1.82, 2.24) is 14.9 Å². The third-order valence-corrected chi connectivity index (χ3v) is 8.02. The van der Waals surface area contributed by atoms with E-state index in [0.717, 1.165) is 29.8 Å². The minimum Gasteiger partial charge on any atom is -0.378 e. The van der Waals surface area contributed by atoms with Gasteiger partial charge in [-0.05, 0) is 48.0 Å². The van der Waals surface area contributed by atoms with Gasteiger partial charge >= 0.3 is 0 Å². The third-order valence-electron chi connectivity index (χ3n) is 5.99. The van der Waals surface area contributed by atoms with E-state index in [-0.39, 0.29) is 29.9 Å². The van der Waals surface area contributed by atoms with E-state index in [1.807, 2.05) is 25.2 Å². The maximum Gasteiger partial charge on any atom is 0.240 e. The van der Waals surface area contributed by atoms with Crippen molar-refractivity contribution in [1.29, 1.82) is 0 Å². The topological polar surface area (TPSA) is 106 Å². The van der Waals surface area contributed by atoms with Gasteiger partial charge in [0.2, 0.25) is 15.9 Å². The largest absolute Gasteiger partial charge is 0.378 e. The molecule has 0 bridgehead atoms. The molecule has 0 radical (unpaired) electrons. The van der Waals surface area contributed by atoms with Gasteiger partial charge in [0.15, 0.2) is 0 Å². The van der Waals surface area contributed by atoms with Gasteiger partial charge < -0.3 is 24.4 Å². The molecular formula is C26H35Cl2N3O6S. The summed E-state index contributed by atoms with van der Waals surface area (Å²) in [5, 5.41) is 3.87. The van der Waals surface area contributed by atoms with Crippen LogP contribution in [-0.4, -0.2) is 85.5 Å². The summed E-state index contributed by atoms with van der Waals surface area (Å²) in [7, 11) is -1.63. The third kappa shape index (κ3) is 9.46. The Morgan fingerprint density at radius 3 is 2.21 bits per heavy atom. The molecule has 0 fully saturated rings. The fraction of sp³-hybridized carbons (Fsp3) is 0.500. The average molecular weight is 589 g/mol. The Morgan fingerprint density at radius 2 is 1.58 bits per heavy atom. The number of likely N-dealkylation sites (N-methyl/N-ethyl adjacent to an activating group) is 1. The fourth-order valence-electron chi connectivity index (χ4n) is 4.18. The molecule has 3 rings (SSSR count). The van der Waals surface area contributed by atoms with Gasteiger partial charge in [-0.1, -0.05) is 35.3 Å². The van der Waals surface area contributed by atoms with Crippen molar-refractivity contribution >= 4 is 39.1 Å². The van der Waals surface area contributed by atoms with Crippen molar-refractivity contribution in [3.05, 3.63) is 63.1 Å². The predicted molar refractivity (Wildman–Crippen MR) is 147 cm³/mol. The van der Waals surface area contributed by atoms with E-state index in [2.05, 4.69) is 14.9 Å². The molecule has 0 saturated carbocycles. The molecule has 1 heterocycles. The summed E-state index contributed by atoms with van der Waals surface area (Å²) in [5.74, 6) is -0.0515. The second-order valence-corrected chi connectivity index (χ2v) is 11.6. The van der Waals surface area contributed by atoms with Crippen LogP contribution in [0.15, 0.2) is 41.3 Å². The van der Waals surface area contributed by atoms with Crippen LogP contribution in [0, 0.1) is 0 Å². The first-order chi connectivity index (χ1) is 18.2. The molecule has 38 heavy (non-hydrogen) atoms. The number of fused-ring (bicyclic) bond motifs is 1. The SMILES string of the molecule is CC(=O)NCCOCCOCCOCCNS(=O)(=O)c1ccc(C2CN(C)Cc3c(Cl)cc(Cl)cc32)cc1. The van der Waals surface area contributed by atoms with Crippen molar-refractivity contribution in [2.45, 2.75) is 24.3 Å². The molecule has 0 spiro atoms. The molecule has 2 N–H and O–H groups in total. The van der Waals surface area contributed by atoms with Crippen molar-refractivity contribution in [3.63, 3.8) is 0 Å². The molecular weight excluding hydrogens is 553 g/mol. The van der Waals surface area contributed by atoms with Crippen LogP contribution in [0.4, 0.5) is 0 Å². The lowest BCUT2D eigenvalue weighted by Gasteiger charge is -2.33. The Balaban J connectivity index is 1.39. The number of carbonyl (C=O) groups excluding carboxylic acids is 1. The summed E-state index contributed by atoms with van der Waals surface area (Å²) >= 11 is 12.7. The van der Waals surface area contributed by atoms with E-state index in [9.17, 15) is 13.2 Å². The molecule has 12 heteroatoms. The molecule has 1 aliphatic rings. The molecule has 1 unspecified atom stereocenters. The molecule has 1 aliphatic heterocycles. The van der Waals surface area contributed by atoms with Crippen molar-refractivity contribution in [2.75, 3.05) is 66.3 Å². The molecule has 0 saturated heterocycles. The molecule has 1 amide bonds. The summed E-state index contributed by atoms with van der Waals surface area (Å²) in [6.07, 6.45) is 0. The molecule has 2 aromatic carbocycles. The van der Waals surface area contributed by atoms with Crippen LogP contribution < -0.4 is 10.0 Å². The van der Waals surface area contributed by atoms with E-state index in [1.54, 1.807) is 18.2 Å². The van der Waals surface area contributed by atoms with Gasteiger partial charge in [-0.3, -0.25) is 4.79 Å². The van der Waals surface area contributed by atoms with Crippen LogP contribution >= 0.6 is 23.2 Å². The Labute approximate surface area is 234 Å². The highest BCUT2D eigenvalue weighted by Gasteiger charge is 2.27. The Hall–Kier alpha value is -1.76. The first kappa shape index (κ1) is 30.8. The highest BCUT2D eigenvalue weighted by molar-refractivity contribution is 7.89. The second-order valence-electron chi connectivity index (χ2n) is 8.99. The molecule has 1 atom stereocenters. The number of carbonyl (C=O) groups is 1. The smallest absolute Gasteiger partial charge is 0.240 e. The van der Waals surface area contributed by atoms with Gasteiger partial charge in [0.1, 0.15) is 0 Å². The number of rotatable bonds is 15. The van der Waals surface area contributed by atoms with Crippen molar-refractivity contribution < 1.29 is 27.4 Å². The first-order valence-electron chi connectivity index (χ1n) is 12.4. The summed E-state index contributed by atoms with van der Waals surface area (Å²) < 4.78 is 44.1. The Morgan fingerprint density at radius 1 is 0.974 bits per heavy atom. The molecule has 0 aliphatic carbocycles. The number of nitrogens with one attached hydrogen (secondary N) is 2. The lowest BCUT2D eigenvalue weighted by Crippen LogP contribution is -2.31. The fourth-order valence-corrected chi connectivity index (χ4v) is 5.76. The van der Waals surface area contributed by atoms with E-state index in [1.165, 1.54) is 6.92 Å². The number of hydrogen-bond donors (Lipinski definition) is 2. The lowest BCUT2D eigenvalue weighted by atomic mass is 9.85. The number of benzene rings is 2. The molecule has 210 valence electrons. The zero-order valence-electron chi connectivity index (χ0n) is 21.7. The standard InChI is InChI=1S/C26H35Cl2N3O6S/c1-19(32)29-7-9-35-11-13-37-14-12-36-10-8-30-38(33,34)22-5-3-20(4-6-22)24-17-31(2)18-25-23(24)15-21(27)16-26(25)28/h3-6,15-16,24,30H,7-14,17-18H2,1-2H3,(H,29,32). The number of hydrogen-bond acceptors (Lipinski definition) is 7. The van der Waals surface area contributed by atoms with Gasteiger partial charge in [-0.15, -0.1) is 0 Å². The number of halogens is 2. The lowest BCUT2D eigenvalue weighted by molar-refractivity contribution is -0.119. The average Bonchev–Trinajstić information content (AvgIpc) is 2.87. The number of sulfonamides is 1. The summed E-state index contributed by atoms with van der Waals surface area (Å²) in [6, 6.07) is 10.6. The first-order valence-corrected chi connectivity index (χ1v) is 14.6. The minimum atomic E-state index is -3.67. The van der Waals surface area contributed by atoms with E-state index >= 15 is 0 Å². The van der Waals surface area contributed by atoms with Crippen LogP contribution in [-0.2, 0) is 35.6 Å². The van der Waals surface area contributed by atoms with Gasteiger partial charge in [0.05, 0.1) is 44.5 Å². The predicted octanol–water partition coefficient (Wildman–Crippen LogP) is 3.03. The minimum absolute atomic E-state index is 0.0376. The zero-order chi connectivity index (χ0) is 27.5. The number of nitrogens with zero attached hydrogens (tertiary/aromatic N) is 1. The van der Waals surface area contributed by atoms with Crippen molar-refractivity contribution in [3.8, 4) is 0 Å². The van der Waals surface area contributed by atoms with Gasteiger partial charge in [-0.25, -0.2) is 13.1 Å². The Bertz CT molecular complexity index is 1160. The quantitative estimate of drug-likeness (QED) is 0.308. The van der Waals surface area contributed by atoms with Crippen molar-refractivity contribution in [2.24, 2.45) is 0 Å². The van der Waals surface area contributed by atoms with Gasteiger partial charge in [0.25, 0.3) is 0 Å². The Kier molecular flexibility index (Phi) is 12.3.